The molecule has 0 aliphatic carbocycles. The summed E-state index contributed by atoms with van der Waals surface area (Å²) in [5.74, 6) is -0.305. The summed E-state index contributed by atoms with van der Waals surface area (Å²) in [6.07, 6.45) is -4.39. The summed E-state index contributed by atoms with van der Waals surface area (Å²) in [7, 11) is 0. The zero-order valence-electron chi connectivity index (χ0n) is 14.8. The van der Waals surface area contributed by atoms with Gasteiger partial charge in [-0.05, 0) is 17.2 Å². The summed E-state index contributed by atoms with van der Waals surface area (Å²) in [5, 5.41) is 2.72. The van der Waals surface area contributed by atoms with Crippen molar-refractivity contribution < 1.29 is 22.7 Å². The molecule has 1 N–H and O–H groups in total. The predicted octanol–water partition coefficient (Wildman–Crippen LogP) is 4.32. The molecule has 2 aromatic carbocycles. The minimum absolute atomic E-state index is 0.104. The lowest BCUT2D eigenvalue weighted by molar-refractivity contribution is -0.137. The number of rotatable bonds is 7. The lowest BCUT2D eigenvalue weighted by Gasteiger charge is -2.26. The number of benzene rings is 2. The molecule has 0 aliphatic heterocycles. The van der Waals surface area contributed by atoms with E-state index >= 15 is 0 Å². The van der Waals surface area contributed by atoms with E-state index in [1.807, 2.05) is 30.3 Å². The molecule has 0 saturated carbocycles. The number of hydrogen-bond acceptors (Lipinski definition) is 2. The first-order chi connectivity index (χ1) is 12.2. The number of carbonyl (C=O) groups excluding carboxylic acids is 1. The van der Waals surface area contributed by atoms with Crippen molar-refractivity contribution in [1.29, 1.82) is 0 Å². The van der Waals surface area contributed by atoms with Crippen molar-refractivity contribution in [3.63, 3.8) is 0 Å². The third-order valence-corrected chi connectivity index (χ3v) is 4.04. The normalized spacial score (nSPS) is 12.0. The molecule has 0 atom stereocenters. The van der Waals surface area contributed by atoms with Crippen LogP contribution in [-0.4, -0.2) is 19.1 Å². The van der Waals surface area contributed by atoms with Gasteiger partial charge in [0.15, 0.2) is 0 Å². The average molecular weight is 365 g/mol. The molecule has 0 radical (unpaired) electrons. The van der Waals surface area contributed by atoms with Gasteiger partial charge in [0.2, 0.25) is 5.91 Å². The second-order valence-electron chi connectivity index (χ2n) is 6.72. The largest absolute Gasteiger partial charge is 0.416 e. The van der Waals surface area contributed by atoms with E-state index < -0.39 is 17.2 Å². The average Bonchev–Trinajstić information content (AvgIpc) is 2.60. The Labute approximate surface area is 151 Å². The van der Waals surface area contributed by atoms with E-state index in [0.29, 0.717) is 12.2 Å². The molecule has 26 heavy (non-hydrogen) atoms. The summed E-state index contributed by atoms with van der Waals surface area (Å²) >= 11 is 0. The molecule has 0 aromatic heterocycles. The van der Waals surface area contributed by atoms with E-state index in [1.54, 1.807) is 19.9 Å². The quantitative estimate of drug-likeness (QED) is 0.794. The molecule has 0 unspecified atom stereocenters. The van der Waals surface area contributed by atoms with Gasteiger partial charge in [0.25, 0.3) is 0 Å². The lowest BCUT2D eigenvalue weighted by Crippen LogP contribution is -2.38. The van der Waals surface area contributed by atoms with E-state index in [2.05, 4.69) is 5.32 Å². The van der Waals surface area contributed by atoms with Gasteiger partial charge in [-0.15, -0.1) is 0 Å². The third-order valence-electron chi connectivity index (χ3n) is 4.04. The first-order valence-electron chi connectivity index (χ1n) is 8.24. The van der Waals surface area contributed by atoms with Crippen molar-refractivity contribution in [2.45, 2.75) is 32.0 Å². The van der Waals surface area contributed by atoms with Crippen molar-refractivity contribution in [2.75, 3.05) is 13.2 Å². The Kier molecular flexibility index (Phi) is 6.42. The number of halogens is 3. The molecule has 0 spiro atoms. The first-order valence-corrected chi connectivity index (χ1v) is 8.24. The van der Waals surface area contributed by atoms with Crippen molar-refractivity contribution in [2.24, 2.45) is 0 Å². The van der Waals surface area contributed by atoms with Gasteiger partial charge in [0.1, 0.15) is 6.61 Å². The van der Waals surface area contributed by atoms with E-state index in [9.17, 15) is 18.0 Å². The topological polar surface area (TPSA) is 38.3 Å². The number of ether oxygens (including phenoxy) is 1. The molecule has 2 aromatic rings. The van der Waals surface area contributed by atoms with Gasteiger partial charge in [0.05, 0.1) is 12.2 Å². The van der Waals surface area contributed by atoms with Crippen molar-refractivity contribution >= 4 is 5.91 Å². The fourth-order valence-corrected chi connectivity index (χ4v) is 2.42. The van der Waals surface area contributed by atoms with Crippen LogP contribution in [0.15, 0.2) is 54.6 Å². The third kappa shape index (κ3) is 5.88. The zero-order valence-corrected chi connectivity index (χ0v) is 14.8. The maximum absolute atomic E-state index is 12.9. The molecule has 0 aliphatic rings. The molecule has 140 valence electrons. The van der Waals surface area contributed by atoms with Crippen LogP contribution in [-0.2, 0) is 27.7 Å². The summed E-state index contributed by atoms with van der Waals surface area (Å²) < 4.78 is 43.9. The number of nitrogens with one attached hydrogen (secondary N) is 1. The fourth-order valence-electron chi connectivity index (χ4n) is 2.42. The van der Waals surface area contributed by atoms with Gasteiger partial charge in [-0.25, -0.2) is 0 Å². The SMILES string of the molecule is CC(C)(CNC(=O)COCc1ccccc1)c1cccc(C(F)(F)F)c1. The summed E-state index contributed by atoms with van der Waals surface area (Å²) in [6, 6.07) is 14.6. The van der Waals surface area contributed by atoms with Crippen molar-refractivity contribution in [3.8, 4) is 0 Å². The van der Waals surface area contributed by atoms with Gasteiger partial charge >= 0.3 is 6.18 Å². The second-order valence-corrected chi connectivity index (χ2v) is 6.72. The molecule has 0 saturated heterocycles. The number of alkyl halides is 3. The van der Waals surface area contributed by atoms with Crippen LogP contribution in [0.4, 0.5) is 13.2 Å². The molecule has 0 heterocycles. The van der Waals surface area contributed by atoms with E-state index in [4.69, 9.17) is 4.74 Å². The van der Waals surface area contributed by atoms with E-state index in [1.165, 1.54) is 6.07 Å². The Bertz CT molecular complexity index is 727. The van der Waals surface area contributed by atoms with Gasteiger partial charge in [0, 0.05) is 12.0 Å². The van der Waals surface area contributed by atoms with Gasteiger partial charge in [-0.2, -0.15) is 13.2 Å². The van der Waals surface area contributed by atoms with Crippen LogP contribution < -0.4 is 5.32 Å². The van der Waals surface area contributed by atoms with Crippen LogP contribution in [0.25, 0.3) is 0 Å². The van der Waals surface area contributed by atoms with Crippen LogP contribution in [0.1, 0.15) is 30.5 Å². The van der Waals surface area contributed by atoms with Crippen LogP contribution in [0.3, 0.4) is 0 Å². The first kappa shape index (κ1) is 20.0. The predicted molar refractivity (Wildman–Crippen MR) is 93.6 cm³/mol. The zero-order chi connectivity index (χ0) is 19.2. The smallest absolute Gasteiger partial charge is 0.367 e. The highest BCUT2D eigenvalue weighted by Crippen LogP contribution is 2.32. The minimum Gasteiger partial charge on any atom is -0.367 e. The van der Waals surface area contributed by atoms with Crippen molar-refractivity contribution in [3.05, 3.63) is 71.3 Å². The lowest BCUT2D eigenvalue weighted by atomic mass is 9.83. The molecule has 1 amide bonds. The molecule has 6 heteroatoms. The summed E-state index contributed by atoms with van der Waals surface area (Å²) in [5.41, 5.74) is 0.138. The molecule has 3 nitrogen and oxygen atoms in total. The highest BCUT2D eigenvalue weighted by Gasteiger charge is 2.32. The number of amides is 1. The van der Waals surface area contributed by atoms with Crippen LogP contribution in [0.5, 0.6) is 0 Å². The monoisotopic (exact) mass is 365 g/mol. The molecule has 0 bridgehead atoms. The molecule has 2 rings (SSSR count). The fraction of sp³-hybridized carbons (Fsp3) is 0.350. The van der Waals surface area contributed by atoms with Crippen LogP contribution in [0.2, 0.25) is 0 Å². The maximum Gasteiger partial charge on any atom is 0.416 e. The molecular weight excluding hydrogens is 343 g/mol. The van der Waals surface area contributed by atoms with Gasteiger partial charge in [-0.3, -0.25) is 4.79 Å². The standard InChI is InChI=1S/C20H22F3NO2/c1-19(2,16-9-6-10-17(11-16)20(21,22)23)14-24-18(25)13-26-12-15-7-4-3-5-8-15/h3-11H,12-14H2,1-2H3,(H,24,25). The number of hydrogen-bond donors (Lipinski definition) is 1. The van der Waals surface area contributed by atoms with E-state index in [-0.39, 0.29) is 19.1 Å². The highest BCUT2D eigenvalue weighted by atomic mass is 19.4. The summed E-state index contributed by atoms with van der Waals surface area (Å²) in [6.45, 7) is 4.00. The van der Waals surface area contributed by atoms with Gasteiger partial charge in [-0.1, -0.05) is 62.4 Å². The van der Waals surface area contributed by atoms with Crippen LogP contribution in [0, 0.1) is 0 Å². The molecular formula is C20H22F3NO2. The minimum atomic E-state index is -4.39. The Morgan fingerprint density at radius 1 is 1.00 bits per heavy atom. The van der Waals surface area contributed by atoms with E-state index in [0.717, 1.165) is 17.7 Å². The second kappa shape index (κ2) is 8.36. The summed E-state index contributed by atoms with van der Waals surface area (Å²) in [4.78, 5) is 11.9. The Hall–Kier alpha value is -2.34. The van der Waals surface area contributed by atoms with Crippen LogP contribution >= 0.6 is 0 Å². The Morgan fingerprint density at radius 2 is 1.65 bits per heavy atom. The highest BCUT2D eigenvalue weighted by molar-refractivity contribution is 5.77. The Balaban J connectivity index is 1.86. The van der Waals surface area contributed by atoms with Gasteiger partial charge < -0.3 is 10.1 Å². The Morgan fingerprint density at radius 3 is 2.31 bits per heavy atom. The maximum atomic E-state index is 12.9. The number of carbonyl (C=O) groups is 1. The molecule has 0 fully saturated rings. The van der Waals surface area contributed by atoms with Crippen molar-refractivity contribution in [1.82, 2.24) is 5.32 Å².